The van der Waals surface area contributed by atoms with E-state index in [2.05, 4.69) is 32.2 Å². The Balaban J connectivity index is 1.54. The number of aliphatic imine (C=N–C) groups is 1. The van der Waals surface area contributed by atoms with Gasteiger partial charge in [0.15, 0.2) is 10.9 Å². The second-order valence-electron chi connectivity index (χ2n) is 8.47. The van der Waals surface area contributed by atoms with Crippen LogP contribution in [0.2, 0.25) is 0 Å². The Morgan fingerprint density at radius 1 is 0.972 bits per heavy atom. The lowest BCUT2D eigenvalue weighted by molar-refractivity contribution is 0.659. The van der Waals surface area contributed by atoms with Gasteiger partial charge in [0.25, 0.3) is 11.1 Å². The van der Waals surface area contributed by atoms with Gasteiger partial charge >= 0.3 is 0 Å². The van der Waals surface area contributed by atoms with Crippen LogP contribution in [0.1, 0.15) is 50.3 Å². The van der Waals surface area contributed by atoms with Crippen molar-refractivity contribution in [1.82, 2.24) is 25.0 Å². The Bertz CT molecular complexity index is 1440. The average molecular weight is 503 g/mol. The molecule has 2 N–H and O–H groups in total. The molecule has 2 aromatic carbocycles. The van der Waals surface area contributed by atoms with Crippen molar-refractivity contribution < 1.29 is 0 Å². The van der Waals surface area contributed by atoms with E-state index >= 15 is 0 Å². The standard InChI is InChI=1S/C27H30N6O2S/c1-3-4-5-6-12-17-36-27-29-25(34)24(30-31-27)21-15-10-11-16-23(21)28-18-22-19(2)32-33(26(22)35)20-13-8-7-9-14-20/h7-11,13-16,18,32H,3-6,12,17H2,1-2H3,(H,29,31,34). The summed E-state index contributed by atoms with van der Waals surface area (Å²) in [7, 11) is 0. The Morgan fingerprint density at radius 2 is 1.72 bits per heavy atom. The van der Waals surface area contributed by atoms with Crippen LogP contribution in [-0.4, -0.2) is 36.9 Å². The number of rotatable bonds is 11. The summed E-state index contributed by atoms with van der Waals surface area (Å²) in [5.41, 5.74) is 2.64. The van der Waals surface area contributed by atoms with Gasteiger partial charge in [-0.15, -0.1) is 10.2 Å². The fourth-order valence-corrected chi connectivity index (χ4v) is 4.63. The molecule has 0 saturated carbocycles. The largest absolute Gasteiger partial charge is 0.298 e. The SMILES string of the molecule is CCCCCCCSc1nnc(-c2ccccc2N=Cc2c(C)[nH]n(-c3ccccc3)c2=O)c(=O)[nH]1. The van der Waals surface area contributed by atoms with E-state index in [9.17, 15) is 9.59 Å². The number of benzene rings is 2. The molecule has 0 amide bonds. The summed E-state index contributed by atoms with van der Waals surface area (Å²) < 4.78 is 1.49. The van der Waals surface area contributed by atoms with Gasteiger partial charge in [-0.25, -0.2) is 4.68 Å². The van der Waals surface area contributed by atoms with Crippen molar-refractivity contribution in [1.29, 1.82) is 0 Å². The molecule has 0 unspecified atom stereocenters. The third kappa shape index (κ3) is 6.09. The molecule has 36 heavy (non-hydrogen) atoms. The molecule has 2 aromatic heterocycles. The molecule has 0 aliphatic carbocycles. The average Bonchev–Trinajstić information content (AvgIpc) is 3.18. The Hall–Kier alpha value is -3.72. The number of nitrogens with one attached hydrogen (secondary N) is 2. The zero-order valence-electron chi connectivity index (χ0n) is 20.5. The van der Waals surface area contributed by atoms with Gasteiger partial charge in [-0.05, 0) is 31.5 Å². The topological polar surface area (TPSA) is 109 Å². The van der Waals surface area contributed by atoms with Crippen molar-refractivity contribution in [2.45, 2.75) is 51.1 Å². The highest BCUT2D eigenvalue weighted by Crippen LogP contribution is 2.26. The van der Waals surface area contributed by atoms with Crippen molar-refractivity contribution in [3.63, 3.8) is 0 Å². The number of aromatic amines is 2. The van der Waals surface area contributed by atoms with Crippen molar-refractivity contribution in [3.05, 3.63) is 86.6 Å². The van der Waals surface area contributed by atoms with Gasteiger partial charge < -0.3 is 0 Å². The maximum absolute atomic E-state index is 13.0. The predicted octanol–water partition coefficient (Wildman–Crippen LogP) is 5.43. The second kappa shape index (κ2) is 12.3. The highest BCUT2D eigenvalue weighted by atomic mass is 32.2. The van der Waals surface area contributed by atoms with Crippen LogP contribution in [0.15, 0.2) is 74.3 Å². The van der Waals surface area contributed by atoms with Crippen LogP contribution in [0.25, 0.3) is 16.9 Å². The number of hydrogen-bond acceptors (Lipinski definition) is 6. The number of hydrogen-bond donors (Lipinski definition) is 2. The van der Waals surface area contributed by atoms with Gasteiger partial charge in [0, 0.05) is 23.2 Å². The molecule has 0 atom stereocenters. The Kier molecular flexibility index (Phi) is 8.67. The summed E-state index contributed by atoms with van der Waals surface area (Å²) in [5.74, 6) is 0.894. The lowest BCUT2D eigenvalue weighted by Crippen LogP contribution is -2.17. The molecule has 0 bridgehead atoms. The highest BCUT2D eigenvalue weighted by molar-refractivity contribution is 7.99. The first-order chi connectivity index (χ1) is 17.6. The molecule has 0 spiro atoms. The molecular weight excluding hydrogens is 472 g/mol. The number of unbranched alkanes of at least 4 members (excludes halogenated alkanes) is 4. The second-order valence-corrected chi connectivity index (χ2v) is 9.56. The third-order valence-corrected chi connectivity index (χ3v) is 6.74. The lowest BCUT2D eigenvalue weighted by atomic mass is 10.1. The monoisotopic (exact) mass is 502 g/mol. The van der Waals surface area contributed by atoms with Crippen molar-refractivity contribution in [2.75, 3.05) is 5.75 Å². The minimum Gasteiger partial charge on any atom is -0.298 e. The summed E-state index contributed by atoms with van der Waals surface area (Å²) >= 11 is 1.51. The molecule has 0 radical (unpaired) electrons. The van der Waals surface area contributed by atoms with Crippen LogP contribution in [-0.2, 0) is 0 Å². The quantitative estimate of drug-likeness (QED) is 0.161. The molecule has 2 heterocycles. The first kappa shape index (κ1) is 25.4. The molecular formula is C27H30N6O2S. The maximum Gasteiger partial charge on any atom is 0.280 e. The molecule has 0 aliphatic heterocycles. The van der Waals surface area contributed by atoms with E-state index in [4.69, 9.17) is 0 Å². The van der Waals surface area contributed by atoms with E-state index in [1.165, 1.54) is 48.3 Å². The van der Waals surface area contributed by atoms with E-state index in [0.717, 1.165) is 17.9 Å². The smallest absolute Gasteiger partial charge is 0.280 e. The van der Waals surface area contributed by atoms with Crippen molar-refractivity contribution in [3.8, 4) is 16.9 Å². The molecule has 0 aliphatic rings. The van der Waals surface area contributed by atoms with Gasteiger partial charge in [-0.2, -0.15) is 0 Å². The summed E-state index contributed by atoms with van der Waals surface area (Å²) in [6, 6.07) is 16.6. The van der Waals surface area contributed by atoms with Crippen LogP contribution in [0.3, 0.4) is 0 Å². The predicted molar refractivity (Wildman–Crippen MR) is 146 cm³/mol. The van der Waals surface area contributed by atoms with E-state index in [-0.39, 0.29) is 16.8 Å². The van der Waals surface area contributed by atoms with Gasteiger partial charge in [-0.1, -0.05) is 80.8 Å². The van der Waals surface area contributed by atoms with E-state index in [1.54, 1.807) is 12.1 Å². The summed E-state index contributed by atoms with van der Waals surface area (Å²) in [5, 5.41) is 12.0. The molecule has 8 nitrogen and oxygen atoms in total. The molecule has 0 fully saturated rings. The molecule has 4 rings (SSSR count). The van der Waals surface area contributed by atoms with E-state index in [0.29, 0.717) is 27.7 Å². The molecule has 186 valence electrons. The number of aryl methyl sites for hydroxylation is 1. The van der Waals surface area contributed by atoms with Crippen molar-refractivity contribution in [2.24, 2.45) is 4.99 Å². The number of thioether (sulfide) groups is 1. The van der Waals surface area contributed by atoms with Gasteiger partial charge in [0.05, 0.1) is 16.9 Å². The fourth-order valence-electron chi connectivity index (χ4n) is 3.83. The minimum atomic E-state index is -0.314. The van der Waals surface area contributed by atoms with Gasteiger partial charge in [0.1, 0.15) is 0 Å². The molecule has 0 saturated heterocycles. The van der Waals surface area contributed by atoms with Crippen molar-refractivity contribution >= 4 is 23.7 Å². The minimum absolute atomic E-state index is 0.197. The number of nitrogens with zero attached hydrogens (tertiary/aromatic N) is 4. The third-order valence-electron chi connectivity index (χ3n) is 5.79. The van der Waals surface area contributed by atoms with E-state index in [1.807, 2.05) is 49.4 Å². The van der Waals surface area contributed by atoms with E-state index < -0.39 is 0 Å². The number of H-pyrrole nitrogens is 2. The maximum atomic E-state index is 13.0. The van der Waals surface area contributed by atoms with Gasteiger partial charge in [0.2, 0.25) is 0 Å². The van der Waals surface area contributed by atoms with Gasteiger partial charge in [-0.3, -0.25) is 24.7 Å². The number of aromatic nitrogens is 5. The van der Waals surface area contributed by atoms with Crippen LogP contribution >= 0.6 is 11.8 Å². The van der Waals surface area contributed by atoms with Crippen LogP contribution in [0.5, 0.6) is 0 Å². The summed E-state index contributed by atoms with van der Waals surface area (Å²) in [6.45, 7) is 4.02. The number of para-hydroxylation sites is 2. The fraction of sp³-hybridized carbons (Fsp3) is 0.296. The zero-order valence-corrected chi connectivity index (χ0v) is 21.3. The Labute approximate surface area is 213 Å². The molecule has 4 aromatic rings. The first-order valence-electron chi connectivity index (χ1n) is 12.2. The summed E-state index contributed by atoms with van der Waals surface area (Å²) in [6.07, 6.45) is 7.49. The normalized spacial score (nSPS) is 11.4. The van der Waals surface area contributed by atoms with Crippen LogP contribution < -0.4 is 11.1 Å². The lowest BCUT2D eigenvalue weighted by Gasteiger charge is -2.05. The highest BCUT2D eigenvalue weighted by Gasteiger charge is 2.14. The van der Waals surface area contributed by atoms with Crippen LogP contribution in [0.4, 0.5) is 5.69 Å². The summed E-state index contributed by atoms with van der Waals surface area (Å²) in [4.78, 5) is 33.2. The first-order valence-corrected chi connectivity index (χ1v) is 13.2. The van der Waals surface area contributed by atoms with Crippen LogP contribution in [0, 0.1) is 6.92 Å². The Morgan fingerprint density at radius 3 is 2.50 bits per heavy atom. The molecule has 9 heteroatoms. The zero-order chi connectivity index (χ0) is 25.3.